The third-order valence-corrected chi connectivity index (χ3v) is 4.20. The first-order chi connectivity index (χ1) is 13.2. The molecular weight excluding hydrogens is 352 g/mol. The molecule has 0 aromatic carbocycles. The van der Waals surface area contributed by atoms with Crippen molar-refractivity contribution in [2.45, 2.75) is 86.5 Å². The second-order valence-corrected chi connectivity index (χ2v) is 7.68. The van der Waals surface area contributed by atoms with Crippen LogP contribution >= 0.6 is 0 Å². The van der Waals surface area contributed by atoms with Crippen molar-refractivity contribution in [2.75, 3.05) is 0 Å². The molecule has 0 bridgehead atoms. The fourth-order valence-corrected chi connectivity index (χ4v) is 2.58. The van der Waals surface area contributed by atoms with Gasteiger partial charge in [0.1, 0.15) is 0 Å². The first kappa shape index (κ1) is 25.9. The van der Waals surface area contributed by atoms with E-state index in [1.807, 2.05) is 0 Å². The van der Waals surface area contributed by atoms with E-state index in [2.05, 4.69) is 39.8 Å². The van der Waals surface area contributed by atoms with Crippen LogP contribution in [0.4, 0.5) is 0 Å². The van der Waals surface area contributed by atoms with Gasteiger partial charge in [-0.2, -0.15) is 0 Å². The second kappa shape index (κ2) is 15.9. The highest BCUT2D eigenvalue weighted by molar-refractivity contribution is 5.67. The van der Waals surface area contributed by atoms with Crippen LogP contribution in [-0.2, 0) is 19.1 Å². The number of hydrogen-bond acceptors (Lipinski definition) is 4. The molecule has 0 rings (SSSR count). The summed E-state index contributed by atoms with van der Waals surface area (Å²) in [6.45, 7) is 11.6. The van der Waals surface area contributed by atoms with Gasteiger partial charge in [0.15, 0.2) is 0 Å². The fourth-order valence-electron chi connectivity index (χ4n) is 2.58. The van der Waals surface area contributed by atoms with Gasteiger partial charge in [-0.15, -0.1) is 0 Å². The average molecular weight is 391 g/mol. The maximum atomic E-state index is 11.0. The first-order valence-electron chi connectivity index (χ1n) is 10.2. The van der Waals surface area contributed by atoms with E-state index in [1.54, 1.807) is 6.08 Å². The van der Waals surface area contributed by atoms with Crippen LogP contribution < -0.4 is 0 Å². The number of ether oxygens (including phenoxy) is 2. The summed E-state index contributed by atoms with van der Waals surface area (Å²) in [6, 6.07) is 0. The highest BCUT2D eigenvalue weighted by atomic mass is 16.5. The Balaban J connectivity index is 4.41. The number of esters is 2. The maximum Gasteiger partial charge on any atom is 0.307 e. The fraction of sp³-hybridized carbons (Fsp3) is 0.583. The van der Waals surface area contributed by atoms with E-state index < -0.39 is 0 Å². The predicted octanol–water partition coefficient (Wildman–Crippen LogP) is 6.79. The lowest BCUT2D eigenvalue weighted by atomic mass is 10.0. The number of rotatable bonds is 13. The van der Waals surface area contributed by atoms with Crippen molar-refractivity contribution in [2.24, 2.45) is 5.92 Å². The van der Waals surface area contributed by atoms with E-state index in [9.17, 15) is 9.59 Å². The van der Waals surface area contributed by atoms with Gasteiger partial charge in [0.05, 0.1) is 12.5 Å². The van der Waals surface area contributed by atoms with E-state index in [0.29, 0.717) is 6.42 Å². The Kier molecular flexibility index (Phi) is 14.7. The van der Waals surface area contributed by atoms with Crippen molar-refractivity contribution < 1.29 is 19.1 Å². The van der Waals surface area contributed by atoms with Crippen molar-refractivity contribution in [1.29, 1.82) is 0 Å². The number of carbonyl (C=O) groups is 2. The molecular formula is C24H38O4. The Morgan fingerprint density at radius 2 is 1.39 bits per heavy atom. The molecule has 0 aliphatic carbocycles. The highest BCUT2D eigenvalue weighted by Gasteiger charge is 1.98. The minimum atomic E-state index is -0.383. The zero-order valence-electron chi connectivity index (χ0n) is 18.5. The average Bonchev–Trinajstić information content (AvgIpc) is 2.58. The Labute approximate surface area is 171 Å². The molecule has 0 aliphatic rings. The molecule has 0 aliphatic heterocycles. The van der Waals surface area contributed by atoms with Crippen molar-refractivity contribution in [1.82, 2.24) is 0 Å². The number of hydrogen-bond donors (Lipinski definition) is 0. The molecule has 0 spiro atoms. The minimum Gasteiger partial charge on any atom is -0.435 e. The molecule has 0 saturated carbocycles. The van der Waals surface area contributed by atoms with E-state index in [1.165, 1.54) is 56.8 Å². The third-order valence-electron chi connectivity index (χ3n) is 4.20. The van der Waals surface area contributed by atoms with Gasteiger partial charge >= 0.3 is 11.9 Å². The van der Waals surface area contributed by atoms with Crippen molar-refractivity contribution in [3.05, 3.63) is 47.5 Å². The standard InChI is InChI=1S/C24H38O4/c1-19(2)10-7-11-20(3)12-8-13-21(4)14-9-15-24(18-28-23(6)26)16-17-27-22(5)25/h12,14,16-19H,7-11,13,15H2,1-6H3. The smallest absolute Gasteiger partial charge is 0.307 e. The number of allylic oxidation sites excluding steroid dienone is 6. The van der Waals surface area contributed by atoms with Gasteiger partial charge in [-0.25, -0.2) is 0 Å². The SMILES string of the molecule is CC(=O)OC=CC(=COC(C)=O)CCC=C(C)CCC=C(C)CCCC(C)C. The first-order valence-corrected chi connectivity index (χ1v) is 10.2. The van der Waals surface area contributed by atoms with Crippen LogP contribution in [0.3, 0.4) is 0 Å². The van der Waals surface area contributed by atoms with Gasteiger partial charge in [0.25, 0.3) is 0 Å². The summed E-state index contributed by atoms with van der Waals surface area (Å²) in [7, 11) is 0. The molecule has 0 amide bonds. The summed E-state index contributed by atoms with van der Waals surface area (Å²) < 4.78 is 9.74. The minimum absolute atomic E-state index is 0.374. The van der Waals surface area contributed by atoms with Crippen molar-refractivity contribution >= 4 is 11.9 Å². The van der Waals surface area contributed by atoms with E-state index in [4.69, 9.17) is 9.47 Å². The van der Waals surface area contributed by atoms with Crippen LogP contribution in [0.25, 0.3) is 0 Å². The van der Waals surface area contributed by atoms with Crippen LogP contribution in [0.5, 0.6) is 0 Å². The van der Waals surface area contributed by atoms with Gasteiger partial charge in [-0.3, -0.25) is 9.59 Å². The summed E-state index contributed by atoms with van der Waals surface area (Å²) in [6.07, 6.45) is 16.4. The van der Waals surface area contributed by atoms with Gasteiger partial charge in [0, 0.05) is 13.8 Å². The molecule has 158 valence electrons. The van der Waals surface area contributed by atoms with E-state index in [0.717, 1.165) is 30.8 Å². The second-order valence-electron chi connectivity index (χ2n) is 7.68. The lowest BCUT2D eigenvalue weighted by molar-refractivity contribution is -0.136. The van der Waals surface area contributed by atoms with E-state index in [-0.39, 0.29) is 11.9 Å². The molecule has 0 unspecified atom stereocenters. The largest absolute Gasteiger partial charge is 0.435 e. The monoisotopic (exact) mass is 390 g/mol. The van der Waals surface area contributed by atoms with Gasteiger partial charge < -0.3 is 9.47 Å². The molecule has 4 heteroatoms. The molecule has 0 aromatic rings. The lowest BCUT2D eigenvalue weighted by Gasteiger charge is -2.05. The quantitative estimate of drug-likeness (QED) is 0.150. The molecule has 0 saturated heterocycles. The molecule has 0 atom stereocenters. The Hall–Kier alpha value is -2.10. The van der Waals surface area contributed by atoms with Crippen LogP contribution in [0.15, 0.2) is 47.5 Å². The van der Waals surface area contributed by atoms with Crippen LogP contribution in [-0.4, -0.2) is 11.9 Å². The van der Waals surface area contributed by atoms with E-state index >= 15 is 0 Å². The van der Waals surface area contributed by atoms with Crippen LogP contribution in [0.1, 0.15) is 86.5 Å². The molecule has 28 heavy (non-hydrogen) atoms. The zero-order valence-corrected chi connectivity index (χ0v) is 18.5. The van der Waals surface area contributed by atoms with Crippen LogP contribution in [0, 0.1) is 5.92 Å². The highest BCUT2D eigenvalue weighted by Crippen LogP contribution is 2.15. The molecule has 4 nitrogen and oxygen atoms in total. The van der Waals surface area contributed by atoms with Crippen molar-refractivity contribution in [3.8, 4) is 0 Å². The Morgan fingerprint density at radius 1 is 0.821 bits per heavy atom. The molecule has 0 N–H and O–H groups in total. The molecule has 0 aromatic heterocycles. The van der Waals surface area contributed by atoms with Gasteiger partial charge in [0.2, 0.25) is 0 Å². The lowest BCUT2D eigenvalue weighted by Crippen LogP contribution is -1.93. The number of carbonyl (C=O) groups excluding carboxylic acids is 2. The summed E-state index contributed by atoms with van der Waals surface area (Å²) in [5, 5.41) is 0. The molecule has 0 radical (unpaired) electrons. The predicted molar refractivity (Wildman–Crippen MR) is 115 cm³/mol. The zero-order chi connectivity index (χ0) is 21.4. The summed E-state index contributed by atoms with van der Waals surface area (Å²) >= 11 is 0. The summed E-state index contributed by atoms with van der Waals surface area (Å²) in [5.74, 6) is 0.0219. The summed E-state index contributed by atoms with van der Waals surface area (Å²) in [4.78, 5) is 21.8. The maximum absolute atomic E-state index is 11.0. The topological polar surface area (TPSA) is 52.6 Å². The van der Waals surface area contributed by atoms with Crippen molar-refractivity contribution in [3.63, 3.8) is 0 Å². The summed E-state index contributed by atoms with van der Waals surface area (Å²) in [5.41, 5.74) is 3.62. The molecule has 0 fully saturated rings. The van der Waals surface area contributed by atoms with Crippen LogP contribution in [0.2, 0.25) is 0 Å². The van der Waals surface area contributed by atoms with Gasteiger partial charge in [-0.05, 0) is 69.9 Å². The third kappa shape index (κ3) is 17.3. The Morgan fingerprint density at radius 3 is 1.96 bits per heavy atom. The normalized spacial score (nSPS) is 13.3. The Bertz CT molecular complexity index is 592. The van der Waals surface area contributed by atoms with Gasteiger partial charge in [-0.1, -0.05) is 43.6 Å². The molecule has 0 heterocycles.